The SMILES string of the molecule is CCNC(=NCc1cccc(C(N)=O)c1)NCC(CC)Oc1cccc(F)c1.I. The van der Waals surface area contributed by atoms with Gasteiger partial charge in [0.1, 0.15) is 17.7 Å². The summed E-state index contributed by atoms with van der Waals surface area (Å²) in [5.41, 5.74) is 6.66. The van der Waals surface area contributed by atoms with Gasteiger partial charge in [0.15, 0.2) is 5.96 Å². The van der Waals surface area contributed by atoms with Gasteiger partial charge in [-0.05, 0) is 43.2 Å². The number of nitrogens with two attached hydrogens (primary N) is 1. The summed E-state index contributed by atoms with van der Waals surface area (Å²) in [5.74, 6) is 0.344. The van der Waals surface area contributed by atoms with Gasteiger partial charge in [-0.2, -0.15) is 0 Å². The first-order valence-corrected chi connectivity index (χ1v) is 9.35. The van der Waals surface area contributed by atoms with E-state index in [1.165, 1.54) is 12.1 Å². The zero-order valence-electron chi connectivity index (χ0n) is 16.7. The molecule has 1 atom stereocenters. The molecule has 0 fully saturated rings. The summed E-state index contributed by atoms with van der Waals surface area (Å²) in [7, 11) is 0. The summed E-state index contributed by atoms with van der Waals surface area (Å²) >= 11 is 0. The van der Waals surface area contributed by atoms with E-state index in [0.29, 0.717) is 36.9 Å². The molecule has 0 aliphatic heterocycles. The summed E-state index contributed by atoms with van der Waals surface area (Å²) in [6.45, 7) is 5.60. The van der Waals surface area contributed by atoms with E-state index in [0.717, 1.165) is 12.0 Å². The molecule has 0 spiro atoms. The van der Waals surface area contributed by atoms with E-state index in [9.17, 15) is 9.18 Å². The Kier molecular flexibility index (Phi) is 11.0. The van der Waals surface area contributed by atoms with Gasteiger partial charge in [-0.3, -0.25) is 4.79 Å². The molecule has 6 nitrogen and oxygen atoms in total. The van der Waals surface area contributed by atoms with Gasteiger partial charge in [-0.1, -0.05) is 25.1 Å². The first-order chi connectivity index (χ1) is 13.5. The summed E-state index contributed by atoms with van der Waals surface area (Å²) in [6.07, 6.45) is 0.618. The molecule has 0 bridgehead atoms. The number of carbonyl (C=O) groups excluding carboxylic acids is 1. The van der Waals surface area contributed by atoms with Gasteiger partial charge < -0.3 is 21.1 Å². The van der Waals surface area contributed by atoms with E-state index in [1.807, 2.05) is 19.9 Å². The standard InChI is InChI=1S/C21H27FN4O2.HI/c1-3-18(28-19-10-6-9-17(22)12-19)14-26-21(24-4-2)25-13-15-7-5-8-16(11-15)20(23)27;/h5-12,18H,3-4,13-14H2,1-2H3,(H2,23,27)(H2,24,25,26);1H. The van der Waals surface area contributed by atoms with E-state index in [2.05, 4.69) is 15.6 Å². The Morgan fingerprint density at radius 2 is 1.93 bits per heavy atom. The van der Waals surface area contributed by atoms with Crippen LogP contribution in [0.2, 0.25) is 0 Å². The fourth-order valence-electron chi connectivity index (χ4n) is 2.55. The maximum Gasteiger partial charge on any atom is 0.248 e. The predicted molar refractivity (Wildman–Crippen MR) is 124 cm³/mol. The number of nitrogens with one attached hydrogen (secondary N) is 2. The lowest BCUT2D eigenvalue weighted by molar-refractivity contribution is 0.1000. The molecule has 2 aromatic rings. The Bertz CT molecular complexity index is 817. The fourth-order valence-corrected chi connectivity index (χ4v) is 2.55. The Morgan fingerprint density at radius 3 is 2.59 bits per heavy atom. The van der Waals surface area contributed by atoms with Crippen molar-refractivity contribution in [2.45, 2.75) is 32.9 Å². The molecule has 4 N–H and O–H groups in total. The van der Waals surface area contributed by atoms with Crippen LogP contribution in [0.5, 0.6) is 5.75 Å². The molecule has 1 amide bonds. The highest BCUT2D eigenvalue weighted by atomic mass is 127. The van der Waals surface area contributed by atoms with Crippen LogP contribution in [0.1, 0.15) is 36.2 Å². The topological polar surface area (TPSA) is 88.7 Å². The number of hydrogen-bond acceptors (Lipinski definition) is 3. The number of rotatable bonds is 9. The first kappa shape index (κ1) is 24.7. The van der Waals surface area contributed by atoms with Crippen molar-refractivity contribution in [2.24, 2.45) is 10.7 Å². The Labute approximate surface area is 188 Å². The number of hydrogen-bond donors (Lipinski definition) is 3. The highest BCUT2D eigenvalue weighted by molar-refractivity contribution is 14.0. The third-order valence-electron chi connectivity index (χ3n) is 4.03. The molecule has 0 saturated heterocycles. The predicted octanol–water partition coefficient (Wildman–Crippen LogP) is 3.46. The summed E-state index contributed by atoms with van der Waals surface area (Å²) in [4.78, 5) is 15.8. The number of aliphatic imine (C=N–C) groups is 1. The molecule has 0 radical (unpaired) electrons. The molecule has 0 heterocycles. The number of nitrogens with zero attached hydrogens (tertiary/aromatic N) is 1. The average molecular weight is 514 g/mol. The second kappa shape index (κ2) is 13.0. The Hall–Kier alpha value is -2.36. The highest BCUT2D eigenvalue weighted by Crippen LogP contribution is 2.14. The van der Waals surface area contributed by atoms with E-state index in [-0.39, 0.29) is 35.9 Å². The minimum absolute atomic E-state index is 0. The summed E-state index contributed by atoms with van der Waals surface area (Å²) in [5, 5.41) is 6.42. The number of amides is 1. The van der Waals surface area contributed by atoms with Gasteiger partial charge in [-0.15, -0.1) is 24.0 Å². The molecule has 0 aromatic heterocycles. The molecule has 0 saturated carbocycles. The zero-order chi connectivity index (χ0) is 20.4. The second-order valence-electron chi connectivity index (χ2n) is 6.25. The van der Waals surface area contributed by atoms with Crippen molar-refractivity contribution in [3.63, 3.8) is 0 Å². The third kappa shape index (κ3) is 8.68. The van der Waals surface area contributed by atoms with E-state index < -0.39 is 5.91 Å². The molecule has 0 aliphatic carbocycles. The monoisotopic (exact) mass is 514 g/mol. The lowest BCUT2D eigenvalue weighted by atomic mass is 10.1. The van der Waals surface area contributed by atoms with Crippen molar-refractivity contribution >= 4 is 35.8 Å². The van der Waals surface area contributed by atoms with Crippen LogP contribution in [-0.4, -0.2) is 31.1 Å². The maximum atomic E-state index is 13.3. The van der Waals surface area contributed by atoms with E-state index >= 15 is 0 Å². The normalized spacial score (nSPS) is 11.9. The summed E-state index contributed by atoms with van der Waals surface area (Å²) < 4.78 is 19.2. The Morgan fingerprint density at radius 1 is 1.17 bits per heavy atom. The lowest BCUT2D eigenvalue weighted by Crippen LogP contribution is -2.42. The van der Waals surface area contributed by atoms with Crippen LogP contribution < -0.4 is 21.1 Å². The molecule has 29 heavy (non-hydrogen) atoms. The van der Waals surface area contributed by atoms with Crippen molar-refractivity contribution in [3.8, 4) is 5.75 Å². The molecule has 1 unspecified atom stereocenters. The second-order valence-corrected chi connectivity index (χ2v) is 6.25. The van der Waals surface area contributed by atoms with Crippen molar-refractivity contribution in [1.82, 2.24) is 10.6 Å². The van der Waals surface area contributed by atoms with Crippen LogP contribution in [0.3, 0.4) is 0 Å². The molecule has 2 aromatic carbocycles. The van der Waals surface area contributed by atoms with Gasteiger partial charge >= 0.3 is 0 Å². The molecular formula is C21H28FIN4O2. The van der Waals surface area contributed by atoms with Gasteiger partial charge in [0, 0.05) is 18.2 Å². The minimum atomic E-state index is -0.462. The van der Waals surface area contributed by atoms with Crippen LogP contribution in [-0.2, 0) is 6.54 Å². The third-order valence-corrected chi connectivity index (χ3v) is 4.03. The van der Waals surface area contributed by atoms with E-state index in [4.69, 9.17) is 10.5 Å². The van der Waals surface area contributed by atoms with Crippen LogP contribution in [0, 0.1) is 5.82 Å². The number of carbonyl (C=O) groups is 1. The van der Waals surface area contributed by atoms with E-state index in [1.54, 1.807) is 30.3 Å². The number of benzene rings is 2. The molecule has 8 heteroatoms. The van der Waals surface area contributed by atoms with Crippen molar-refractivity contribution < 1.29 is 13.9 Å². The van der Waals surface area contributed by atoms with Gasteiger partial charge in [0.05, 0.1) is 13.1 Å². The molecular weight excluding hydrogens is 486 g/mol. The molecule has 0 aliphatic rings. The van der Waals surface area contributed by atoms with Crippen LogP contribution >= 0.6 is 24.0 Å². The van der Waals surface area contributed by atoms with Crippen LogP contribution in [0.4, 0.5) is 4.39 Å². The zero-order valence-corrected chi connectivity index (χ0v) is 19.0. The van der Waals surface area contributed by atoms with Crippen molar-refractivity contribution in [3.05, 3.63) is 65.5 Å². The van der Waals surface area contributed by atoms with Crippen molar-refractivity contribution in [1.29, 1.82) is 0 Å². The van der Waals surface area contributed by atoms with Crippen LogP contribution in [0.25, 0.3) is 0 Å². The molecule has 2 rings (SSSR count). The average Bonchev–Trinajstić information content (AvgIpc) is 2.69. The van der Waals surface area contributed by atoms with Crippen LogP contribution in [0.15, 0.2) is 53.5 Å². The minimum Gasteiger partial charge on any atom is -0.489 e. The number of primary amides is 1. The molecule has 158 valence electrons. The smallest absolute Gasteiger partial charge is 0.248 e. The first-order valence-electron chi connectivity index (χ1n) is 9.35. The quantitative estimate of drug-likeness (QED) is 0.272. The largest absolute Gasteiger partial charge is 0.489 e. The van der Waals surface area contributed by atoms with Gasteiger partial charge in [0.2, 0.25) is 5.91 Å². The fraction of sp³-hybridized carbons (Fsp3) is 0.333. The lowest BCUT2D eigenvalue weighted by Gasteiger charge is -2.20. The van der Waals surface area contributed by atoms with Gasteiger partial charge in [0.25, 0.3) is 0 Å². The number of guanidine groups is 1. The van der Waals surface area contributed by atoms with Crippen molar-refractivity contribution in [2.75, 3.05) is 13.1 Å². The Balaban J connectivity index is 0.00000420. The number of ether oxygens (including phenoxy) is 1. The summed E-state index contributed by atoms with van der Waals surface area (Å²) in [6, 6.07) is 13.2. The highest BCUT2D eigenvalue weighted by Gasteiger charge is 2.10. The maximum absolute atomic E-state index is 13.3. The van der Waals surface area contributed by atoms with Gasteiger partial charge in [-0.25, -0.2) is 9.38 Å². The number of halogens is 2.